The van der Waals surface area contributed by atoms with Crippen LogP contribution in [0.15, 0.2) is 69.6 Å². The molecule has 31 heavy (non-hydrogen) atoms. The number of benzene rings is 2. The summed E-state index contributed by atoms with van der Waals surface area (Å²) >= 11 is 16.8. The fraction of sp³-hybridized carbons (Fsp3) is 0.0909. The van der Waals surface area contributed by atoms with Gasteiger partial charge in [0, 0.05) is 16.3 Å². The van der Waals surface area contributed by atoms with Crippen LogP contribution in [-0.2, 0) is 4.79 Å². The van der Waals surface area contributed by atoms with Gasteiger partial charge < -0.3 is 19.4 Å². The van der Waals surface area contributed by atoms with Gasteiger partial charge in [-0.2, -0.15) is 5.26 Å². The molecule has 2 aromatic carbocycles. The third kappa shape index (κ3) is 3.98. The Hall–Kier alpha value is -3.05. The van der Waals surface area contributed by atoms with E-state index in [9.17, 15) is 10.1 Å². The van der Waals surface area contributed by atoms with Crippen LogP contribution in [0.2, 0.25) is 10.0 Å². The van der Waals surface area contributed by atoms with Crippen molar-refractivity contribution in [2.45, 2.75) is 6.17 Å². The monoisotopic (exact) mass is 471 g/mol. The van der Waals surface area contributed by atoms with Crippen molar-refractivity contribution in [3.63, 3.8) is 0 Å². The maximum absolute atomic E-state index is 12.5. The first-order valence-corrected chi connectivity index (χ1v) is 10.3. The molecule has 1 amide bonds. The van der Waals surface area contributed by atoms with Gasteiger partial charge in [0.25, 0.3) is 5.91 Å². The third-order valence-electron chi connectivity index (χ3n) is 4.76. The topological polar surface area (TPSA) is 78.5 Å². The Morgan fingerprint density at radius 2 is 1.90 bits per heavy atom. The van der Waals surface area contributed by atoms with E-state index in [0.717, 1.165) is 0 Å². The van der Waals surface area contributed by atoms with Gasteiger partial charge in [0.2, 0.25) is 0 Å². The van der Waals surface area contributed by atoms with Crippen LogP contribution in [0.25, 0.3) is 11.3 Å². The normalized spacial score (nSPS) is 16.2. The zero-order valence-electron chi connectivity index (χ0n) is 16.1. The van der Waals surface area contributed by atoms with E-state index in [0.29, 0.717) is 38.6 Å². The molecule has 1 aliphatic heterocycles. The molecule has 0 radical (unpaired) electrons. The van der Waals surface area contributed by atoms with E-state index in [-0.39, 0.29) is 10.6 Å². The largest absolute Gasteiger partial charge is 0.497 e. The molecule has 0 spiro atoms. The van der Waals surface area contributed by atoms with Crippen LogP contribution >= 0.6 is 35.8 Å². The number of methoxy groups -OCH3 is 1. The molecule has 0 bridgehead atoms. The summed E-state index contributed by atoms with van der Waals surface area (Å²) in [7, 11) is 1.57. The van der Waals surface area contributed by atoms with Gasteiger partial charge in [-0.1, -0.05) is 23.2 Å². The number of carbonyl (C=O) groups is 1. The second-order valence-electron chi connectivity index (χ2n) is 6.58. The number of nitrogens with zero attached hydrogens (tertiary/aromatic N) is 2. The fourth-order valence-corrected chi connectivity index (χ4v) is 4.14. The predicted octanol–water partition coefficient (Wildman–Crippen LogP) is 5.56. The Morgan fingerprint density at radius 3 is 2.55 bits per heavy atom. The number of hydrogen-bond donors (Lipinski definition) is 2. The maximum Gasteiger partial charge on any atom is 0.266 e. The molecule has 4 rings (SSSR count). The molecule has 6 nitrogen and oxygen atoms in total. The van der Waals surface area contributed by atoms with E-state index in [1.165, 1.54) is 0 Å². The van der Waals surface area contributed by atoms with Gasteiger partial charge in [-0.05, 0) is 54.6 Å². The number of ether oxygens (including phenoxy) is 1. The molecule has 3 aromatic rings. The number of anilines is 1. The molecular formula is C22H15Cl2N3O3S. The molecule has 0 aliphatic carbocycles. The van der Waals surface area contributed by atoms with E-state index < -0.39 is 12.1 Å². The van der Waals surface area contributed by atoms with Gasteiger partial charge in [-0.25, -0.2) is 0 Å². The molecule has 1 aliphatic rings. The lowest BCUT2D eigenvalue weighted by Gasteiger charge is -2.36. The minimum atomic E-state index is -0.731. The van der Waals surface area contributed by atoms with Gasteiger partial charge in [0.15, 0.2) is 6.17 Å². The van der Waals surface area contributed by atoms with E-state index in [1.807, 2.05) is 6.07 Å². The summed E-state index contributed by atoms with van der Waals surface area (Å²) in [6.45, 7) is 0. The highest BCUT2D eigenvalue weighted by Crippen LogP contribution is 2.39. The van der Waals surface area contributed by atoms with Crippen molar-refractivity contribution in [2.75, 3.05) is 12.0 Å². The number of amides is 1. The molecule has 0 fully saturated rings. The van der Waals surface area contributed by atoms with Gasteiger partial charge in [-0.3, -0.25) is 4.79 Å². The maximum atomic E-state index is 12.5. The summed E-state index contributed by atoms with van der Waals surface area (Å²) in [6, 6.07) is 17.6. The molecule has 0 saturated heterocycles. The van der Waals surface area contributed by atoms with Crippen molar-refractivity contribution >= 4 is 47.4 Å². The minimum absolute atomic E-state index is 0.0945. The number of rotatable bonds is 4. The van der Waals surface area contributed by atoms with Crippen LogP contribution in [0.1, 0.15) is 11.9 Å². The van der Waals surface area contributed by atoms with Crippen molar-refractivity contribution in [2.24, 2.45) is 0 Å². The van der Waals surface area contributed by atoms with Crippen molar-refractivity contribution in [3.8, 4) is 23.1 Å². The van der Waals surface area contributed by atoms with Gasteiger partial charge in [-0.15, -0.1) is 12.6 Å². The minimum Gasteiger partial charge on any atom is -0.497 e. The smallest absolute Gasteiger partial charge is 0.266 e. The number of furan rings is 1. The first-order chi connectivity index (χ1) is 14.9. The van der Waals surface area contributed by atoms with Crippen molar-refractivity contribution < 1.29 is 13.9 Å². The van der Waals surface area contributed by atoms with E-state index >= 15 is 0 Å². The number of thiol groups is 1. The van der Waals surface area contributed by atoms with E-state index in [2.05, 4.69) is 17.9 Å². The lowest BCUT2D eigenvalue weighted by Crippen LogP contribution is -2.45. The standard InChI is InChI=1S/C22H15Cl2N3O3S/c1-29-14-5-3-13(4-6-14)27-20(26-21(28)16(11-25)22(27)31)19-9-8-18(30-19)15-7-2-12(23)10-17(15)24/h2-10,20,31H,1H3,(H,26,28). The van der Waals surface area contributed by atoms with Crippen molar-refractivity contribution in [1.82, 2.24) is 5.32 Å². The summed E-state index contributed by atoms with van der Waals surface area (Å²) in [5, 5.41) is 13.4. The summed E-state index contributed by atoms with van der Waals surface area (Å²) in [6.07, 6.45) is -0.731. The molecule has 2 heterocycles. The number of nitriles is 1. The Bertz CT molecular complexity index is 1230. The molecule has 1 N–H and O–H groups in total. The highest BCUT2D eigenvalue weighted by molar-refractivity contribution is 7.84. The Kier molecular flexibility index (Phi) is 5.88. The summed E-state index contributed by atoms with van der Waals surface area (Å²) in [4.78, 5) is 14.2. The van der Waals surface area contributed by atoms with E-state index in [4.69, 9.17) is 32.4 Å². The SMILES string of the molecule is COc1ccc(N2C(S)=C(C#N)C(=O)NC2c2ccc(-c3ccc(Cl)cc3Cl)o2)cc1. The van der Waals surface area contributed by atoms with Crippen LogP contribution in [-0.4, -0.2) is 13.0 Å². The zero-order valence-corrected chi connectivity index (χ0v) is 18.5. The molecule has 0 saturated carbocycles. The van der Waals surface area contributed by atoms with Crippen LogP contribution in [0, 0.1) is 11.3 Å². The first kappa shape index (κ1) is 21.2. The summed E-state index contributed by atoms with van der Waals surface area (Å²) in [5.41, 5.74) is 1.25. The first-order valence-electron chi connectivity index (χ1n) is 9.05. The van der Waals surface area contributed by atoms with Crippen LogP contribution < -0.4 is 15.0 Å². The second kappa shape index (κ2) is 8.60. The van der Waals surface area contributed by atoms with Gasteiger partial charge in [0.05, 0.1) is 17.2 Å². The lowest BCUT2D eigenvalue weighted by atomic mass is 10.1. The molecular weight excluding hydrogens is 457 g/mol. The lowest BCUT2D eigenvalue weighted by molar-refractivity contribution is -0.118. The quantitative estimate of drug-likeness (QED) is 0.486. The molecule has 1 unspecified atom stereocenters. The van der Waals surface area contributed by atoms with Gasteiger partial charge >= 0.3 is 0 Å². The highest BCUT2D eigenvalue weighted by atomic mass is 35.5. The van der Waals surface area contributed by atoms with Crippen molar-refractivity contribution in [3.05, 3.63) is 81.0 Å². The van der Waals surface area contributed by atoms with Crippen molar-refractivity contribution in [1.29, 1.82) is 5.26 Å². The fourth-order valence-electron chi connectivity index (χ4n) is 3.25. The van der Waals surface area contributed by atoms with Crippen LogP contribution in [0.5, 0.6) is 5.75 Å². The van der Waals surface area contributed by atoms with Gasteiger partial charge in [0.1, 0.15) is 28.9 Å². The Labute approximate surface area is 194 Å². The average molecular weight is 472 g/mol. The average Bonchev–Trinajstić information content (AvgIpc) is 3.23. The zero-order chi connectivity index (χ0) is 22.1. The number of halogens is 2. The molecule has 1 aromatic heterocycles. The second-order valence-corrected chi connectivity index (χ2v) is 7.85. The third-order valence-corrected chi connectivity index (χ3v) is 5.75. The number of nitrogens with one attached hydrogen (secondary N) is 1. The molecule has 9 heteroatoms. The number of hydrogen-bond acceptors (Lipinski definition) is 6. The summed E-state index contributed by atoms with van der Waals surface area (Å²) in [5.74, 6) is 1.08. The molecule has 156 valence electrons. The highest BCUT2D eigenvalue weighted by Gasteiger charge is 2.36. The molecule has 1 atom stereocenters. The Balaban J connectivity index is 1.78. The Morgan fingerprint density at radius 1 is 1.16 bits per heavy atom. The van der Waals surface area contributed by atoms with E-state index in [1.54, 1.807) is 66.6 Å². The predicted molar refractivity (Wildman–Crippen MR) is 122 cm³/mol. The summed E-state index contributed by atoms with van der Waals surface area (Å²) < 4.78 is 11.3. The number of carbonyl (C=O) groups excluding carboxylic acids is 1. The van der Waals surface area contributed by atoms with Crippen LogP contribution in [0.4, 0.5) is 5.69 Å². The van der Waals surface area contributed by atoms with Crippen LogP contribution in [0.3, 0.4) is 0 Å².